The van der Waals surface area contributed by atoms with Crippen molar-refractivity contribution in [1.29, 1.82) is 0 Å². The Hall–Kier alpha value is -1.87. The second-order valence-corrected chi connectivity index (χ2v) is 15.3. The third-order valence-electron chi connectivity index (χ3n) is 5.72. The molecule has 1 N–H and O–H groups in total. The monoisotopic (exact) mass is 621 g/mol. The minimum atomic E-state index is -4.94. The molecule has 0 unspecified atom stereocenters. The molecule has 6 nitrogen and oxygen atoms in total. The number of halogens is 1. The molecule has 0 aliphatic carbocycles. The normalized spacial score (nSPS) is 11.3. The van der Waals surface area contributed by atoms with Crippen LogP contribution in [0.25, 0.3) is 0 Å². The first kappa shape index (κ1) is 34.3. The number of nitrogens with one attached hydrogen (secondary N) is 1. The molecule has 0 aliphatic rings. The van der Waals surface area contributed by atoms with E-state index in [0.29, 0.717) is 0 Å². The molecule has 0 aromatic heterocycles. The summed E-state index contributed by atoms with van der Waals surface area (Å²) in [4.78, 5) is 12.8. The molecule has 0 radical (unpaired) electrons. The number of amides is 1. The molecule has 3 aromatic rings. The molecule has 40 heavy (non-hydrogen) atoms. The minimum Gasteiger partial charge on any atom is -0.295 e. The average molecular weight is 622 g/mol. The van der Waals surface area contributed by atoms with E-state index in [1.807, 2.05) is 23.5 Å². The van der Waals surface area contributed by atoms with Gasteiger partial charge in [0.25, 0.3) is 0 Å². The van der Waals surface area contributed by atoms with Gasteiger partial charge in [0.2, 0.25) is 5.91 Å². The van der Waals surface area contributed by atoms with Gasteiger partial charge in [0.15, 0.2) is 12.7 Å². The Morgan fingerprint density at radius 2 is 1.02 bits per heavy atom. The van der Waals surface area contributed by atoms with Crippen LogP contribution in [-0.2, 0) is 4.79 Å². The molecule has 0 heterocycles. The van der Waals surface area contributed by atoms with Crippen molar-refractivity contribution in [3.05, 3.63) is 101 Å². The lowest BCUT2D eigenvalue weighted by molar-refractivity contribution is -2.00. The summed E-state index contributed by atoms with van der Waals surface area (Å²) in [6, 6.07) is 32.4. The highest BCUT2D eigenvalue weighted by molar-refractivity contribution is 8.23. The van der Waals surface area contributed by atoms with E-state index < -0.39 is 17.5 Å². The fourth-order valence-electron chi connectivity index (χ4n) is 4.02. The van der Waals surface area contributed by atoms with Crippen molar-refractivity contribution < 1.29 is 33.7 Å². The molecular formula is C30H37ClNO5PS2. The minimum absolute atomic E-state index is 0.0168. The summed E-state index contributed by atoms with van der Waals surface area (Å²) in [6.45, 7) is 6.11. The molecule has 3 aromatic carbocycles. The molecule has 0 saturated heterocycles. The lowest BCUT2D eigenvalue weighted by Crippen LogP contribution is -2.68. The molecular weight excluding hydrogens is 585 g/mol. The fourth-order valence-corrected chi connectivity index (χ4v) is 11.8. The van der Waals surface area contributed by atoms with Crippen molar-refractivity contribution in [2.75, 3.05) is 11.5 Å². The summed E-state index contributed by atoms with van der Waals surface area (Å²) in [5.41, 5.74) is 1.08. The molecule has 0 atom stereocenters. The van der Waals surface area contributed by atoms with Gasteiger partial charge in [0, 0.05) is 6.92 Å². The van der Waals surface area contributed by atoms with Gasteiger partial charge in [-0.05, 0) is 60.7 Å². The lowest BCUT2D eigenvalue weighted by Gasteiger charge is -2.30. The van der Waals surface area contributed by atoms with E-state index in [2.05, 4.69) is 110 Å². The zero-order valence-electron chi connectivity index (χ0n) is 23.1. The average Bonchev–Trinajstić information content (AvgIpc) is 2.93. The molecule has 0 fully saturated rings. The van der Waals surface area contributed by atoms with Gasteiger partial charge in [-0.2, -0.15) is 0 Å². The number of carbonyl (C=O) groups is 1. The maximum atomic E-state index is 12.8. The van der Waals surface area contributed by atoms with Crippen LogP contribution >= 0.6 is 30.8 Å². The largest absolute Gasteiger partial charge is 0.295 e. The lowest BCUT2D eigenvalue weighted by atomic mass is 10.4. The molecule has 10 heteroatoms. The van der Waals surface area contributed by atoms with Crippen LogP contribution < -0.4 is 39.9 Å². The van der Waals surface area contributed by atoms with E-state index in [4.69, 9.17) is 18.6 Å². The van der Waals surface area contributed by atoms with E-state index in [0.717, 1.165) is 42.6 Å². The van der Waals surface area contributed by atoms with Crippen LogP contribution in [0.15, 0.2) is 101 Å². The van der Waals surface area contributed by atoms with Gasteiger partial charge < -0.3 is 0 Å². The third kappa shape index (κ3) is 10.8. The quantitative estimate of drug-likeness (QED) is 0.230. The Labute approximate surface area is 249 Å². The van der Waals surface area contributed by atoms with E-state index in [-0.39, 0.29) is 5.91 Å². The van der Waals surface area contributed by atoms with E-state index in [1.54, 1.807) is 6.92 Å². The maximum absolute atomic E-state index is 12.8. The van der Waals surface area contributed by atoms with Crippen molar-refractivity contribution in [2.45, 2.75) is 46.5 Å². The number of benzene rings is 3. The van der Waals surface area contributed by atoms with Crippen molar-refractivity contribution in [1.82, 2.24) is 5.32 Å². The fraction of sp³-hybridized carbons (Fsp3) is 0.300. The van der Waals surface area contributed by atoms with E-state index >= 15 is 0 Å². The van der Waals surface area contributed by atoms with Gasteiger partial charge in [-0.1, -0.05) is 81.3 Å². The standard InChI is InChI=1S/C30H36NOPS2.ClHO4/c1-4-6-23-34-30(35-24-7-5-2)29(31-25(3)32)33(26-17-11-8-12-18-26,27-19-13-9-14-20-27)28-21-15-10-16-22-28;2-1(3,4)5/h8-22H,4-7,23-24H2,1-3H3;(H,2,3,4,5). The van der Waals surface area contributed by atoms with Gasteiger partial charge in [0.1, 0.15) is 20.2 Å². The van der Waals surface area contributed by atoms with Gasteiger partial charge in [0.05, 0.1) is 0 Å². The van der Waals surface area contributed by atoms with Crippen molar-refractivity contribution in [3.63, 3.8) is 0 Å². The maximum Gasteiger partial charge on any atom is 0.223 e. The highest BCUT2D eigenvalue weighted by Gasteiger charge is 2.52. The van der Waals surface area contributed by atoms with Gasteiger partial charge in [-0.3, -0.25) is 10.1 Å². The topological polar surface area (TPSA) is 121 Å². The Morgan fingerprint density at radius 3 is 1.30 bits per heavy atom. The highest BCUT2D eigenvalue weighted by Crippen LogP contribution is 2.64. The first-order valence-electron chi connectivity index (χ1n) is 13.1. The number of thioether (sulfide) groups is 2. The SMILES string of the molecule is CCCCSC(SCCCC)=C(NC(C)=O)[P+](c1ccccc1)(c1ccccc1)c1ccccc1.[O-][Cl+3]([O-])([O-])[O-]. The third-order valence-corrected chi connectivity index (χ3v) is 12.9. The van der Waals surface area contributed by atoms with Crippen LogP contribution in [0.2, 0.25) is 0 Å². The van der Waals surface area contributed by atoms with Crippen LogP contribution in [0.1, 0.15) is 46.5 Å². The zero-order valence-corrected chi connectivity index (χ0v) is 26.4. The summed E-state index contributed by atoms with van der Waals surface area (Å²) in [7, 11) is -7.31. The Bertz CT molecular complexity index is 1060. The van der Waals surface area contributed by atoms with Gasteiger partial charge >= 0.3 is 0 Å². The second-order valence-electron chi connectivity index (χ2n) is 8.78. The number of hydrogen-bond acceptors (Lipinski definition) is 7. The number of unbranched alkanes of at least 4 members (excludes halogenated alkanes) is 2. The zero-order chi connectivity index (χ0) is 29.4. The molecule has 0 saturated carbocycles. The van der Waals surface area contributed by atoms with Crippen LogP contribution in [-0.4, -0.2) is 17.4 Å². The molecule has 0 spiro atoms. The van der Waals surface area contributed by atoms with Crippen molar-refractivity contribution in [3.8, 4) is 0 Å². The smallest absolute Gasteiger partial charge is 0.223 e. The van der Waals surface area contributed by atoms with Gasteiger partial charge in [-0.15, -0.1) is 33.8 Å². The summed E-state index contributed by atoms with van der Waals surface area (Å²) in [5, 5.41) is 7.18. The first-order chi connectivity index (χ1) is 19.1. The molecule has 3 rings (SSSR count). The molecule has 1 amide bonds. The highest BCUT2D eigenvalue weighted by atomic mass is 35.7. The first-order valence-corrected chi connectivity index (χ1v) is 18.1. The van der Waals surface area contributed by atoms with E-state index in [9.17, 15) is 4.79 Å². The Morgan fingerprint density at radius 1 is 0.700 bits per heavy atom. The predicted octanol–water partition coefficient (Wildman–Crippen LogP) is 2.55. The molecule has 0 aliphatic heterocycles. The summed E-state index contributed by atoms with van der Waals surface area (Å²) >= 11 is 3.83. The van der Waals surface area contributed by atoms with Crippen molar-refractivity contribution >= 4 is 52.6 Å². The van der Waals surface area contributed by atoms with Crippen molar-refractivity contribution in [2.24, 2.45) is 0 Å². The summed E-state index contributed by atoms with van der Waals surface area (Å²) in [5.74, 6) is 2.08. The Balaban J connectivity index is 0.00000103. The summed E-state index contributed by atoms with van der Waals surface area (Å²) < 4.78 is 35.2. The summed E-state index contributed by atoms with van der Waals surface area (Å²) in [6.07, 6.45) is 4.63. The number of carbonyl (C=O) groups excluding carboxylic acids is 1. The second kappa shape index (κ2) is 17.8. The van der Waals surface area contributed by atoms with Crippen LogP contribution in [0.3, 0.4) is 0 Å². The van der Waals surface area contributed by atoms with Crippen LogP contribution in [0, 0.1) is 10.2 Å². The van der Waals surface area contributed by atoms with Crippen LogP contribution in [0.5, 0.6) is 0 Å². The van der Waals surface area contributed by atoms with Gasteiger partial charge in [-0.25, -0.2) is 18.6 Å². The molecule has 216 valence electrons. The number of hydrogen-bond donors (Lipinski definition) is 1. The number of rotatable bonds is 13. The van der Waals surface area contributed by atoms with E-state index in [1.165, 1.54) is 20.2 Å². The predicted molar refractivity (Wildman–Crippen MR) is 161 cm³/mol. The Kier molecular flexibility index (Phi) is 15.3. The van der Waals surface area contributed by atoms with Crippen LogP contribution in [0.4, 0.5) is 0 Å². The molecule has 0 bridgehead atoms.